The lowest BCUT2D eigenvalue weighted by Gasteiger charge is -2.28. The van der Waals surface area contributed by atoms with Crippen LogP contribution in [-0.4, -0.2) is 49.2 Å². The molecule has 0 aromatic carbocycles. The number of aryl methyl sites for hydroxylation is 2. The van der Waals surface area contributed by atoms with Gasteiger partial charge >= 0.3 is 5.97 Å². The number of fused-ring (bicyclic) bond motifs is 1. The van der Waals surface area contributed by atoms with Crippen LogP contribution in [0, 0.1) is 5.92 Å². The number of amides is 1. The summed E-state index contributed by atoms with van der Waals surface area (Å²) >= 11 is 1.35. The largest absolute Gasteiger partial charge is 0.462 e. The third-order valence-electron chi connectivity index (χ3n) is 6.73. The number of ether oxygens (including phenoxy) is 1. The summed E-state index contributed by atoms with van der Waals surface area (Å²) < 4.78 is 47.8. The van der Waals surface area contributed by atoms with Gasteiger partial charge in [-0.05, 0) is 44.6 Å². The molecule has 1 saturated carbocycles. The van der Waals surface area contributed by atoms with Crippen molar-refractivity contribution in [1.29, 1.82) is 0 Å². The molecule has 3 aromatic rings. The van der Waals surface area contributed by atoms with Gasteiger partial charge in [0, 0.05) is 30.0 Å². The number of carbonyl (C=O) groups excluding carboxylic acids is 2. The van der Waals surface area contributed by atoms with E-state index in [2.05, 4.69) is 25.9 Å². The van der Waals surface area contributed by atoms with Crippen LogP contribution in [0.3, 0.4) is 0 Å². The molecule has 1 amide bonds. The molecule has 0 unspecified atom stereocenters. The van der Waals surface area contributed by atoms with Crippen LogP contribution in [0.15, 0.2) is 12.4 Å². The zero-order chi connectivity index (χ0) is 26.3. The molecule has 5 rings (SSSR count). The number of aromatic nitrogens is 5. The molecular weight excluding hydrogens is 511 g/mol. The van der Waals surface area contributed by atoms with Crippen molar-refractivity contribution in [2.45, 2.75) is 57.7 Å². The number of rotatable bonds is 8. The van der Waals surface area contributed by atoms with Crippen molar-refractivity contribution in [3.63, 3.8) is 0 Å². The van der Waals surface area contributed by atoms with Gasteiger partial charge in [0.25, 0.3) is 6.43 Å². The molecule has 3 heterocycles. The number of hydrogen-bond acceptors (Lipinski definition) is 8. The Kier molecular flexibility index (Phi) is 6.92. The minimum absolute atomic E-state index is 0.141. The quantitative estimate of drug-likeness (QED) is 0.411. The Morgan fingerprint density at radius 2 is 2.11 bits per heavy atom. The monoisotopic (exact) mass is 537 g/mol. The van der Waals surface area contributed by atoms with Crippen molar-refractivity contribution in [3.05, 3.63) is 34.1 Å². The second-order valence-electron chi connectivity index (χ2n) is 9.15. The van der Waals surface area contributed by atoms with Crippen LogP contribution >= 0.6 is 11.3 Å². The number of anilines is 3. The average molecular weight is 538 g/mol. The maximum absolute atomic E-state index is 13.3. The Labute approximate surface area is 214 Å². The van der Waals surface area contributed by atoms with Gasteiger partial charge < -0.3 is 15.4 Å². The molecule has 37 heavy (non-hydrogen) atoms. The molecule has 0 radical (unpaired) electrons. The van der Waals surface area contributed by atoms with Crippen LogP contribution in [0.2, 0.25) is 0 Å². The summed E-state index contributed by atoms with van der Waals surface area (Å²) in [6.07, 6.45) is 0.0557. The first kappa shape index (κ1) is 25.2. The Balaban J connectivity index is 1.40. The summed E-state index contributed by atoms with van der Waals surface area (Å²) in [7, 11) is 1.55. The number of hydrogen-bond donors (Lipinski definition) is 2. The zero-order valence-electron chi connectivity index (χ0n) is 20.2. The Morgan fingerprint density at radius 3 is 2.78 bits per heavy atom. The third-order valence-corrected chi connectivity index (χ3v) is 7.94. The van der Waals surface area contributed by atoms with Crippen molar-refractivity contribution in [2.24, 2.45) is 13.0 Å². The highest BCUT2D eigenvalue weighted by Gasteiger charge is 2.37. The van der Waals surface area contributed by atoms with Gasteiger partial charge in [-0.2, -0.15) is 5.10 Å². The molecule has 1 fully saturated rings. The molecule has 2 aliphatic rings. The van der Waals surface area contributed by atoms with Gasteiger partial charge in [0.15, 0.2) is 0 Å². The third kappa shape index (κ3) is 4.93. The Hall–Kier alpha value is -3.42. The Morgan fingerprint density at radius 1 is 1.32 bits per heavy atom. The number of carbonyl (C=O) groups is 2. The molecule has 2 N–H and O–H groups in total. The second-order valence-corrected chi connectivity index (χ2v) is 10.3. The number of nitrogens with zero attached hydrogens (tertiary/aromatic N) is 5. The van der Waals surface area contributed by atoms with Crippen LogP contribution in [0.4, 0.5) is 29.9 Å². The fraction of sp³-hybridized carbons (Fsp3) is 0.522. The SMILES string of the molecule is CCOC(=O)c1c(NC(=O)[C@H]2C[C@H](F)C2)sc2c1C[C@@H](n1cnnc1Nc1cc(C(F)F)nn1C)CC2. The highest BCUT2D eigenvalue weighted by Crippen LogP contribution is 2.43. The first-order valence-electron chi connectivity index (χ1n) is 12.0. The molecule has 3 aromatic heterocycles. The van der Waals surface area contributed by atoms with Gasteiger partial charge in [-0.3, -0.25) is 14.0 Å². The summed E-state index contributed by atoms with van der Waals surface area (Å²) in [5.41, 5.74) is 0.758. The molecule has 0 spiro atoms. The van der Waals surface area contributed by atoms with Crippen molar-refractivity contribution in [1.82, 2.24) is 24.5 Å². The lowest BCUT2D eigenvalue weighted by Crippen LogP contribution is -2.35. The predicted octanol–water partition coefficient (Wildman–Crippen LogP) is 4.35. The number of thiophene rings is 1. The van der Waals surface area contributed by atoms with Crippen molar-refractivity contribution < 1.29 is 27.5 Å². The lowest BCUT2D eigenvalue weighted by molar-refractivity contribution is -0.124. The van der Waals surface area contributed by atoms with Gasteiger partial charge in [-0.25, -0.2) is 18.0 Å². The van der Waals surface area contributed by atoms with E-state index < -0.39 is 24.5 Å². The number of nitrogens with one attached hydrogen (secondary N) is 2. The molecule has 14 heteroatoms. The topological polar surface area (TPSA) is 116 Å². The summed E-state index contributed by atoms with van der Waals surface area (Å²) in [6, 6.07) is 1.11. The average Bonchev–Trinajstić information content (AvgIpc) is 3.54. The first-order chi connectivity index (χ1) is 17.7. The number of halogens is 3. The minimum atomic E-state index is -2.70. The molecular formula is C23H26F3N7O3S. The van der Waals surface area contributed by atoms with Gasteiger partial charge in [0.05, 0.1) is 12.2 Å². The predicted molar refractivity (Wildman–Crippen MR) is 129 cm³/mol. The van der Waals surface area contributed by atoms with E-state index in [9.17, 15) is 22.8 Å². The molecule has 10 nitrogen and oxygen atoms in total. The smallest absolute Gasteiger partial charge is 0.341 e. The van der Waals surface area contributed by atoms with Crippen LogP contribution in [-0.2, 0) is 29.4 Å². The highest BCUT2D eigenvalue weighted by molar-refractivity contribution is 7.17. The summed E-state index contributed by atoms with van der Waals surface area (Å²) in [6.45, 7) is 1.89. The van der Waals surface area contributed by atoms with Crippen LogP contribution in [0.5, 0.6) is 0 Å². The maximum Gasteiger partial charge on any atom is 0.341 e. The maximum atomic E-state index is 13.3. The molecule has 0 aliphatic heterocycles. The van der Waals surface area contributed by atoms with E-state index >= 15 is 0 Å². The zero-order valence-corrected chi connectivity index (χ0v) is 21.0. The number of alkyl halides is 3. The highest BCUT2D eigenvalue weighted by atomic mass is 32.1. The molecule has 198 valence electrons. The van der Waals surface area contributed by atoms with Crippen molar-refractivity contribution in [2.75, 3.05) is 17.2 Å². The molecule has 2 aliphatic carbocycles. The van der Waals surface area contributed by atoms with E-state index in [0.29, 0.717) is 41.6 Å². The van der Waals surface area contributed by atoms with Crippen LogP contribution in [0.25, 0.3) is 0 Å². The standard InChI is InChI=1S/C23H26F3N7O3S/c1-3-36-22(35)18-14-8-13(4-5-16(14)37-21(18)29-20(34)11-6-12(24)7-11)33-10-27-30-23(33)28-17-9-15(19(25)26)31-32(17)2/h9-13,19H,3-8H2,1-2H3,(H,28,30)(H,29,34)/t11-,12-,13-/m0/s1. The fourth-order valence-electron chi connectivity index (χ4n) is 4.71. The van der Waals surface area contributed by atoms with Gasteiger partial charge in [-0.1, -0.05) is 0 Å². The molecule has 0 bridgehead atoms. The van der Waals surface area contributed by atoms with E-state index in [-0.39, 0.29) is 37.1 Å². The van der Waals surface area contributed by atoms with Gasteiger partial charge in [-0.15, -0.1) is 21.5 Å². The van der Waals surface area contributed by atoms with Crippen LogP contribution in [0.1, 0.15) is 65.1 Å². The minimum Gasteiger partial charge on any atom is -0.462 e. The molecule has 1 atom stereocenters. The Bertz CT molecular complexity index is 1310. The summed E-state index contributed by atoms with van der Waals surface area (Å²) in [4.78, 5) is 26.5. The normalized spacial score (nSPS) is 20.9. The van der Waals surface area contributed by atoms with Crippen LogP contribution < -0.4 is 10.6 Å². The summed E-state index contributed by atoms with van der Waals surface area (Å²) in [5.74, 6) is -0.534. The van der Waals surface area contributed by atoms with E-state index in [4.69, 9.17) is 4.74 Å². The van der Waals surface area contributed by atoms with Gasteiger partial charge in [0.1, 0.15) is 29.0 Å². The van der Waals surface area contributed by atoms with E-state index in [1.807, 2.05) is 0 Å². The van der Waals surface area contributed by atoms with Crippen molar-refractivity contribution in [3.8, 4) is 0 Å². The summed E-state index contributed by atoms with van der Waals surface area (Å²) in [5, 5.41) is 18.2. The fourth-order valence-corrected chi connectivity index (χ4v) is 5.95. The van der Waals surface area contributed by atoms with E-state index in [1.165, 1.54) is 22.1 Å². The van der Waals surface area contributed by atoms with Gasteiger partial charge in [0.2, 0.25) is 11.9 Å². The lowest BCUT2D eigenvalue weighted by atomic mass is 9.83. The van der Waals surface area contributed by atoms with E-state index in [0.717, 1.165) is 10.4 Å². The number of esters is 1. The molecule has 0 saturated heterocycles. The second kappa shape index (κ2) is 10.1. The van der Waals surface area contributed by atoms with E-state index in [1.54, 1.807) is 24.9 Å². The van der Waals surface area contributed by atoms with Crippen molar-refractivity contribution >= 4 is 40.0 Å². The first-order valence-corrected chi connectivity index (χ1v) is 12.8.